The predicted molar refractivity (Wildman–Crippen MR) is 77.1 cm³/mol. The molecule has 0 saturated carbocycles. The van der Waals surface area contributed by atoms with Crippen LogP contribution in [0.3, 0.4) is 0 Å². The van der Waals surface area contributed by atoms with Gasteiger partial charge in [-0.1, -0.05) is 29.3 Å². The van der Waals surface area contributed by atoms with Crippen molar-refractivity contribution < 1.29 is 0 Å². The molecule has 6 nitrogen and oxygen atoms in total. The van der Waals surface area contributed by atoms with Gasteiger partial charge in [0, 0.05) is 10.0 Å². The second kappa shape index (κ2) is 5.22. The van der Waals surface area contributed by atoms with Crippen LogP contribution in [0.15, 0.2) is 30.6 Å². The Morgan fingerprint density at radius 2 is 2.10 bits per heavy atom. The summed E-state index contributed by atoms with van der Waals surface area (Å²) in [6.45, 7) is 1.98. The molecule has 0 saturated heterocycles. The van der Waals surface area contributed by atoms with Crippen LogP contribution in [0.2, 0.25) is 10.0 Å². The zero-order valence-corrected chi connectivity index (χ0v) is 12.0. The first-order valence-corrected chi connectivity index (χ1v) is 6.64. The number of nitrogens with zero attached hydrogens (tertiary/aromatic N) is 5. The van der Waals surface area contributed by atoms with Crippen LogP contribution in [0, 0.1) is 0 Å². The van der Waals surface area contributed by atoms with Gasteiger partial charge < -0.3 is 5.32 Å². The van der Waals surface area contributed by atoms with E-state index in [-0.39, 0.29) is 6.04 Å². The van der Waals surface area contributed by atoms with Crippen LogP contribution < -0.4 is 5.32 Å². The maximum atomic E-state index is 6.20. The molecule has 0 radical (unpaired) electrons. The van der Waals surface area contributed by atoms with E-state index >= 15 is 0 Å². The third kappa shape index (κ3) is 2.39. The summed E-state index contributed by atoms with van der Waals surface area (Å²) < 4.78 is 1.58. The molecule has 0 spiro atoms. The zero-order chi connectivity index (χ0) is 14.1. The first kappa shape index (κ1) is 13.1. The predicted octanol–water partition coefficient (Wildman–Crippen LogP) is 3.00. The quantitative estimate of drug-likeness (QED) is 0.805. The van der Waals surface area contributed by atoms with Gasteiger partial charge in [-0.05, 0) is 35.0 Å². The molecule has 0 aliphatic heterocycles. The molecule has 0 fully saturated rings. The number of halogens is 2. The van der Waals surface area contributed by atoms with Gasteiger partial charge in [-0.25, -0.2) is 0 Å². The van der Waals surface area contributed by atoms with Crippen molar-refractivity contribution in [2.75, 3.05) is 5.32 Å². The summed E-state index contributed by atoms with van der Waals surface area (Å²) >= 11 is 12.1. The van der Waals surface area contributed by atoms with Crippen LogP contribution in [-0.4, -0.2) is 25.0 Å². The summed E-state index contributed by atoms with van der Waals surface area (Å²) in [6.07, 6.45) is 3.24. The number of tetrazole rings is 1. The fraction of sp³-hybridized carbons (Fsp3) is 0.167. The van der Waals surface area contributed by atoms with E-state index < -0.39 is 0 Å². The van der Waals surface area contributed by atoms with E-state index in [0.717, 1.165) is 5.56 Å². The molecular formula is C12H10Cl2N6. The molecule has 0 aliphatic carbocycles. The minimum Gasteiger partial charge on any atom is -0.362 e. The van der Waals surface area contributed by atoms with Crippen LogP contribution in [-0.2, 0) is 0 Å². The van der Waals surface area contributed by atoms with Gasteiger partial charge in [0.05, 0.1) is 18.4 Å². The molecule has 2 heterocycles. The van der Waals surface area contributed by atoms with Crippen molar-refractivity contribution in [1.82, 2.24) is 25.0 Å². The van der Waals surface area contributed by atoms with Crippen molar-refractivity contribution in [3.05, 3.63) is 46.2 Å². The lowest BCUT2D eigenvalue weighted by molar-refractivity contribution is 0.796. The Morgan fingerprint density at radius 1 is 1.25 bits per heavy atom. The van der Waals surface area contributed by atoms with Gasteiger partial charge in [0.15, 0.2) is 11.5 Å². The van der Waals surface area contributed by atoms with Crippen molar-refractivity contribution in [2.24, 2.45) is 0 Å². The summed E-state index contributed by atoms with van der Waals surface area (Å²) in [6, 6.07) is 5.36. The average molecular weight is 309 g/mol. The van der Waals surface area contributed by atoms with Gasteiger partial charge in [0.1, 0.15) is 0 Å². The molecular weight excluding hydrogens is 299 g/mol. The van der Waals surface area contributed by atoms with Gasteiger partial charge in [0.2, 0.25) is 0 Å². The van der Waals surface area contributed by atoms with Crippen LogP contribution in [0.4, 0.5) is 5.82 Å². The van der Waals surface area contributed by atoms with E-state index in [1.165, 1.54) is 0 Å². The Balaban J connectivity index is 1.92. The zero-order valence-electron chi connectivity index (χ0n) is 10.5. The van der Waals surface area contributed by atoms with Gasteiger partial charge in [-0.3, -0.25) is 4.98 Å². The molecule has 1 unspecified atom stereocenters. The van der Waals surface area contributed by atoms with Gasteiger partial charge >= 0.3 is 0 Å². The molecule has 1 atom stereocenters. The number of nitrogens with one attached hydrogen (secondary N) is 1. The molecule has 20 heavy (non-hydrogen) atoms. The van der Waals surface area contributed by atoms with E-state index in [1.807, 2.05) is 13.0 Å². The Kier molecular flexibility index (Phi) is 3.42. The van der Waals surface area contributed by atoms with E-state index in [1.54, 1.807) is 29.0 Å². The summed E-state index contributed by atoms with van der Waals surface area (Å²) in [5.41, 5.74) is 1.51. The Labute approximate surface area is 124 Å². The van der Waals surface area contributed by atoms with Crippen molar-refractivity contribution in [3.63, 3.8) is 0 Å². The Bertz CT molecular complexity index is 757. The second-order valence-electron chi connectivity index (χ2n) is 4.27. The van der Waals surface area contributed by atoms with E-state index in [4.69, 9.17) is 23.2 Å². The van der Waals surface area contributed by atoms with E-state index in [9.17, 15) is 0 Å². The van der Waals surface area contributed by atoms with Crippen molar-refractivity contribution in [1.29, 1.82) is 0 Å². The largest absolute Gasteiger partial charge is 0.362 e. The first-order chi connectivity index (χ1) is 9.65. The summed E-state index contributed by atoms with van der Waals surface area (Å²) in [4.78, 5) is 4.09. The monoisotopic (exact) mass is 308 g/mol. The fourth-order valence-corrected chi connectivity index (χ4v) is 2.50. The van der Waals surface area contributed by atoms with Crippen LogP contribution >= 0.6 is 23.2 Å². The second-order valence-corrected chi connectivity index (χ2v) is 5.12. The molecule has 3 rings (SSSR count). The maximum absolute atomic E-state index is 6.20. The lowest BCUT2D eigenvalue weighted by Gasteiger charge is -2.17. The van der Waals surface area contributed by atoms with Crippen LogP contribution in [0.5, 0.6) is 0 Å². The highest BCUT2D eigenvalue weighted by Crippen LogP contribution is 2.28. The number of benzene rings is 1. The smallest absolute Gasteiger partial charge is 0.199 e. The summed E-state index contributed by atoms with van der Waals surface area (Å²) in [7, 11) is 0. The molecule has 1 N–H and O–H groups in total. The average Bonchev–Trinajstić information content (AvgIpc) is 2.87. The Morgan fingerprint density at radius 3 is 2.90 bits per heavy atom. The highest BCUT2D eigenvalue weighted by atomic mass is 35.5. The minimum absolute atomic E-state index is 0.0450. The number of fused-ring (bicyclic) bond motifs is 1. The number of anilines is 1. The number of aromatic nitrogens is 5. The van der Waals surface area contributed by atoms with E-state index in [2.05, 4.69) is 25.8 Å². The molecule has 0 aliphatic rings. The molecule has 8 heteroatoms. The standard InChI is InChI=1S/C12H10Cl2N6/c1-7(9-3-2-8(13)4-10(9)14)16-11-5-15-6-12-17-18-19-20(11)12/h2-7,16H,1H3. The minimum atomic E-state index is -0.0450. The van der Waals surface area contributed by atoms with Gasteiger partial charge in [-0.15, -0.1) is 5.10 Å². The first-order valence-electron chi connectivity index (χ1n) is 5.89. The van der Waals surface area contributed by atoms with Crippen molar-refractivity contribution in [2.45, 2.75) is 13.0 Å². The number of rotatable bonds is 3. The molecule has 0 amide bonds. The van der Waals surface area contributed by atoms with Crippen molar-refractivity contribution >= 4 is 34.7 Å². The lowest BCUT2D eigenvalue weighted by atomic mass is 10.1. The lowest BCUT2D eigenvalue weighted by Crippen LogP contribution is -2.11. The highest BCUT2D eigenvalue weighted by Gasteiger charge is 2.12. The third-order valence-corrected chi connectivity index (χ3v) is 3.46. The summed E-state index contributed by atoms with van der Waals surface area (Å²) in [5.74, 6) is 0.686. The third-order valence-electron chi connectivity index (χ3n) is 2.90. The number of hydrogen-bond acceptors (Lipinski definition) is 5. The Hall–Kier alpha value is -1.92. The van der Waals surface area contributed by atoms with Gasteiger partial charge in [0.25, 0.3) is 0 Å². The molecule has 2 aromatic heterocycles. The maximum Gasteiger partial charge on any atom is 0.199 e. The van der Waals surface area contributed by atoms with Crippen LogP contribution in [0.1, 0.15) is 18.5 Å². The summed E-state index contributed by atoms with van der Waals surface area (Å²) in [5, 5.41) is 15.8. The van der Waals surface area contributed by atoms with Crippen LogP contribution in [0.25, 0.3) is 5.65 Å². The molecule has 0 bridgehead atoms. The highest BCUT2D eigenvalue weighted by molar-refractivity contribution is 6.35. The fourth-order valence-electron chi connectivity index (χ4n) is 1.93. The molecule has 102 valence electrons. The van der Waals surface area contributed by atoms with Crippen molar-refractivity contribution in [3.8, 4) is 0 Å². The SMILES string of the molecule is CC(Nc1cncc2nnnn12)c1ccc(Cl)cc1Cl. The molecule has 3 aromatic rings. The normalized spacial score (nSPS) is 12.6. The number of hydrogen-bond donors (Lipinski definition) is 1. The van der Waals surface area contributed by atoms with E-state index in [0.29, 0.717) is 21.5 Å². The molecule has 1 aromatic carbocycles. The van der Waals surface area contributed by atoms with Gasteiger partial charge in [-0.2, -0.15) is 4.52 Å². The topological polar surface area (TPSA) is 68.0 Å².